The van der Waals surface area contributed by atoms with Crippen molar-refractivity contribution in [2.45, 2.75) is 48.0 Å². The molecule has 0 bridgehead atoms. The molecule has 0 aliphatic carbocycles. The van der Waals surface area contributed by atoms with Gasteiger partial charge in [-0.1, -0.05) is 34.6 Å². The van der Waals surface area contributed by atoms with Crippen molar-refractivity contribution in [1.82, 2.24) is 14.6 Å². The summed E-state index contributed by atoms with van der Waals surface area (Å²) in [7, 11) is 0. The van der Waals surface area contributed by atoms with Gasteiger partial charge in [0, 0.05) is 18.5 Å². The highest BCUT2D eigenvalue weighted by molar-refractivity contribution is 5.39. The van der Waals surface area contributed by atoms with Crippen LogP contribution >= 0.6 is 0 Å². The molecule has 0 spiro atoms. The van der Waals surface area contributed by atoms with Crippen LogP contribution in [0.1, 0.15) is 45.9 Å². The summed E-state index contributed by atoms with van der Waals surface area (Å²) in [6, 6.07) is 2.01. The van der Waals surface area contributed by atoms with Gasteiger partial charge in [-0.15, -0.1) is 0 Å². The minimum Gasteiger partial charge on any atom is -0.237 e. The molecule has 3 nitrogen and oxygen atoms in total. The van der Waals surface area contributed by atoms with Crippen LogP contribution in [0.25, 0.3) is 5.65 Å². The van der Waals surface area contributed by atoms with E-state index in [4.69, 9.17) is 0 Å². The van der Waals surface area contributed by atoms with Crippen LogP contribution < -0.4 is 0 Å². The Balaban J connectivity index is 0.000000509. The maximum Gasteiger partial charge on any atom is 0.155 e. The molecule has 0 aliphatic rings. The van der Waals surface area contributed by atoms with Gasteiger partial charge in [-0.3, -0.25) is 0 Å². The predicted octanol–water partition coefficient (Wildman–Crippen LogP) is 3.65. The topological polar surface area (TPSA) is 30.2 Å². The average Bonchev–Trinajstić information content (AvgIpc) is 2.76. The lowest BCUT2D eigenvalue weighted by Crippen LogP contribution is -1.90. The van der Waals surface area contributed by atoms with Crippen molar-refractivity contribution in [1.29, 1.82) is 0 Å². The van der Waals surface area contributed by atoms with Crippen LogP contribution in [0.5, 0.6) is 0 Å². The number of fused-ring (bicyclic) bond motifs is 1. The Morgan fingerprint density at radius 1 is 1.19 bits per heavy atom. The Bertz CT molecular complexity index is 404. The predicted molar refractivity (Wildman–Crippen MR) is 69.8 cm³/mol. The second-order valence-electron chi connectivity index (χ2n) is 2.92. The first-order valence-corrected chi connectivity index (χ1v) is 6.10. The summed E-state index contributed by atoms with van der Waals surface area (Å²) in [5.74, 6) is 0. The third-order valence-corrected chi connectivity index (χ3v) is 1.86. The summed E-state index contributed by atoms with van der Waals surface area (Å²) >= 11 is 0. The number of hydrogen-bond acceptors (Lipinski definition) is 2. The van der Waals surface area contributed by atoms with E-state index in [1.165, 1.54) is 0 Å². The van der Waals surface area contributed by atoms with E-state index in [1.807, 2.05) is 57.6 Å². The van der Waals surface area contributed by atoms with E-state index in [0.29, 0.717) is 0 Å². The van der Waals surface area contributed by atoms with Crippen molar-refractivity contribution in [3.8, 4) is 0 Å². The van der Waals surface area contributed by atoms with Crippen LogP contribution in [0.3, 0.4) is 0 Å². The van der Waals surface area contributed by atoms with Crippen molar-refractivity contribution in [2.24, 2.45) is 0 Å². The van der Waals surface area contributed by atoms with E-state index >= 15 is 0 Å². The number of nitrogens with zero attached hydrogens (tertiary/aromatic N) is 3. The Hall–Kier alpha value is -1.38. The quantitative estimate of drug-likeness (QED) is 0.735. The Morgan fingerprint density at radius 3 is 2.38 bits per heavy atom. The summed E-state index contributed by atoms with van der Waals surface area (Å²) in [5, 5.41) is 4.35. The maximum atomic E-state index is 4.35. The fourth-order valence-electron chi connectivity index (χ4n) is 1.19. The van der Waals surface area contributed by atoms with E-state index in [2.05, 4.69) is 17.0 Å². The van der Waals surface area contributed by atoms with Crippen LogP contribution in [-0.4, -0.2) is 14.6 Å². The van der Waals surface area contributed by atoms with Crippen molar-refractivity contribution in [2.75, 3.05) is 0 Å². The van der Waals surface area contributed by atoms with Gasteiger partial charge < -0.3 is 0 Å². The smallest absolute Gasteiger partial charge is 0.155 e. The zero-order chi connectivity index (χ0) is 12.6. The third kappa shape index (κ3) is 3.65. The number of rotatable bonds is 1. The highest BCUT2D eigenvalue weighted by Gasteiger charge is 1.99. The molecular formula is C13H23N3. The fourth-order valence-corrected chi connectivity index (χ4v) is 1.19. The molecule has 90 valence electrons. The average molecular weight is 221 g/mol. The highest BCUT2D eigenvalue weighted by Crippen LogP contribution is 2.04. The van der Waals surface area contributed by atoms with Gasteiger partial charge in [-0.05, 0) is 18.9 Å². The fraction of sp³-hybridized carbons (Fsp3) is 0.538. The second-order valence-corrected chi connectivity index (χ2v) is 2.92. The molecule has 0 atom stereocenters. The molecule has 0 radical (unpaired) electrons. The van der Waals surface area contributed by atoms with Crippen molar-refractivity contribution in [3.63, 3.8) is 0 Å². The molecule has 0 saturated carbocycles. The van der Waals surface area contributed by atoms with Crippen molar-refractivity contribution in [3.05, 3.63) is 29.7 Å². The lowest BCUT2D eigenvalue weighted by atomic mass is 10.3. The molecule has 2 aromatic rings. The number of aryl methyl sites for hydroxylation is 2. The monoisotopic (exact) mass is 221 g/mol. The largest absolute Gasteiger partial charge is 0.237 e. The molecule has 0 amide bonds. The van der Waals surface area contributed by atoms with E-state index in [1.54, 1.807) is 0 Å². The van der Waals surface area contributed by atoms with E-state index in [-0.39, 0.29) is 0 Å². The molecule has 0 aromatic carbocycles. The summed E-state index contributed by atoms with van der Waals surface area (Å²) in [5.41, 5.74) is 3.15. The van der Waals surface area contributed by atoms with Crippen LogP contribution in [0.15, 0.2) is 18.5 Å². The van der Waals surface area contributed by atoms with Crippen LogP contribution in [-0.2, 0) is 6.42 Å². The molecule has 3 heteroatoms. The van der Waals surface area contributed by atoms with Gasteiger partial charge in [0.2, 0.25) is 0 Å². The zero-order valence-corrected chi connectivity index (χ0v) is 11.3. The summed E-state index contributed by atoms with van der Waals surface area (Å²) in [6.07, 6.45) is 4.81. The van der Waals surface area contributed by atoms with Crippen LogP contribution in [0.4, 0.5) is 0 Å². The molecule has 16 heavy (non-hydrogen) atoms. The number of hydrogen-bond donors (Lipinski definition) is 0. The molecule has 2 rings (SSSR count). The highest BCUT2D eigenvalue weighted by atomic mass is 15.2. The van der Waals surface area contributed by atoms with Gasteiger partial charge in [0.25, 0.3) is 0 Å². The van der Waals surface area contributed by atoms with Gasteiger partial charge in [-0.25, -0.2) is 9.50 Å². The molecule has 0 aliphatic heterocycles. The Kier molecular flexibility index (Phi) is 7.18. The molecule has 0 fully saturated rings. The zero-order valence-electron chi connectivity index (χ0n) is 11.3. The minimum absolute atomic E-state index is 0.928. The summed E-state index contributed by atoms with van der Waals surface area (Å²) in [6.45, 7) is 12.1. The second kappa shape index (κ2) is 7.85. The summed E-state index contributed by atoms with van der Waals surface area (Å²) < 4.78 is 1.83. The molecule has 0 saturated heterocycles. The van der Waals surface area contributed by atoms with Gasteiger partial charge in [0.15, 0.2) is 5.65 Å². The minimum atomic E-state index is 0.928. The first kappa shape index (κ1) is 14.6. The first-order valence-electron chi connectivity index (χ1n) is 6.10. The molecule has 2 heterocycles. The normalized spacial score (nSPS) is 8.88. The molecule has 0 unspecified atom stereocenters. The van der Waals surface area contributed by atoms with E-state index in [0.717, 1.165) is 23.3 Å². The standard InChI is InChI=1S/C9H11N3.2C2H6/c1-3-8-4-9-10-5-7(2)6-12(9)11-8;2*1-2/h4-6H,3H2,1-2H3;2*1-2H3. The maximum absolute atomic E-state index is 4.35. The van der Waals surface area contributed by atoms with Crippen molar-refractivity contribution >= 4 is 5.65 Å². The lowest BCUT2D eigenvalue weighted by molar-refractivity contribution is 0.880. The Labute approximate surface area is 98.5 Å². The van der Waals surface area contributed by atoms with E-state index < -0.39 is 0 Å². The molecular weight excluding hydrogens is 198 g/mol. The van der Waals surface area contributed by atoms with Crippen molar-refractivity contribution < 1.29 is 0 Å². The SMILES string of the molecule is CC.CC.CCc1cc2ncc(C)cn2n1. The van der Waals surface area contributed by atoms with Gasteiger partial charge >= 0.3 is 0 Å². The third-order valence-electron chi connectivity index (χ3n) is 1.86. The number of aromatic nitrogens is 3. The van der Waals surface area contributed by atoms with Gasteiger partial charge in [-0.2, -0.15) is 5.10 Å². The van der Waals surface area contributed by atoms with Gasteiger partial charge in [0.05, 0.1) is 5.69 Å². The molecule has 2 aromatic heterocycles. The summed E-state index contributed by atoms with van der Waals surface area (Å²) in [4.78, 5) is 4.25. The van der Waals surface area contributed by atoms with Gasteiger partial charge in [0.1, 0.15) is 0 Å². The first-order chi connectivity index (χ1) is 7.79. The lowest BCUT2D eigenvalue weighted by Gasteiger charge is -1.92. The van der Waals surface area contributed by atoms with E-state index in [9.17, 15) is 0 Å². The van der Waals surface area contributed by atoms with Crippen LogP contribution in [0.2, 0.25) is 0 Å². The van der Waals surface area contributed by atoms with Crippen LogP contribution in [0, 0.1) is 6.92 Å². The molecule has 0 N–H and O–H groups in total. The Morgan fingerprint density at radius 2 is 1.81 bits per heavy atom.